The van der Waals surface area contributed by atoms with E-state index in [-0.39, 0.29) is 5.92 Å². The second kappa shape index (κ2) is 10.0. The second-order valence-corrected chi connectivity index (χ2v) is 6.11. The molecule has 0 amide bonds. The Morgan fingerprint density at radius 3 is 2.29 bits per heavy atom. The van der Waals surface area contributed by atoms with Crippen molar-refractivity contribution < 1.29 is 5.11 Å². The lowest BCUT2D eigenvalue weighted by atomic mass is 9.83. The van der Waals surface area contributed by atoms with Crippen molar-refractivity contribution in [2.45, 2.75) is 65.4 Å². The molecule has 0 aromatic heterocycles. The molecule has 0 bridgehead atoms. The van der Waals surface area contributed by atoms with Crippen LogP contribution in [0.25, 0.3) is 0 Å². The zero-order chi connectivity index (χ0) is 15.7. The van der Waals surface area contributed by atoms with Gasteiger partial charge < -0.3 is 5.11 Å². The minimum absolute atomic E-state index is 0.136. The van der Waals surface area contributed by atoms with Gasteiger partial charge in [-0.2, -0.15) is 0 Å². The minimum Gasteiger partial charge on any atom is -0.388 e. The maximum absolute atomic E-state index is 10.8. The number of rotatable bonds is 9. The first-order chi connectivity index (χ1) is 10.1. The van der Waals surface area contributed by atoms with Crippen LogP contribution in [0.3, 0.4) is 0 Å². The van der Waals surface area contributed by atoms with Crippen molar-refractivity contribution in [3.05, 3.63) is 46.5 Å². The van der Waals surface area contributed by atoms with Gasteiger partial charge >= 0.3 is 0 Å². The Balaban J connectivity index is 2.91. The predicted molar refractivity (Wildman–Crippen MR) is 92.6 cm³/mol. The zero-order valence-electron chi connectivity index (χ0n) is 13.6. The first-order valence-corrected chi connectivity index (χ1v) is 8.61. The summed E-state index contributed by atoms with van der Waals surface area (Å²) in [6.07, 6.45) is 6.05. The van der Waals surface area contributed by atoms with Crippen LogP contribution in [0.1, 0.15) is 69.6 Å². The Kier molecular flexibility index (Phi) is 8.72. The Labute approximate surface area is 135 Å². The Morgan fingerprint density at radius 1 is 1.14 bits per heavy atom. The number of aliphatic hydroxyl groups is 1. The summed E-state index contributed by atoms with van der Waals surface area (Å²) in [5, 5.41) is 10.8. The molecule has 1 nitrogen and oxygen atoms in total. The molecule has 118 valence electrons. The summed E-state index contributed by atoms with van der Waals surface area (Å²) in [6, 6.07) is 8.19. The maximum Gasteiger partial charge on any atom is 0.0855 e. The van der Waals surface area contributed by atoms with Crippen LogP contribution < -0.4 is 0 Å². The summed E-state index contributed by atoms with van der Waals surface area (Å²) in [7, 11) is 0. The summed E-state index contributed by atoms with van der Waals surface area (Å²) >= 11 is 6.06. The predicted octanol–water partition coefficient (Wildman–Crippen LogP) is 6.15. The van der Waals surface area contributed by atoms with E-state index in [0.29, 0.717) is 0 Å². The largest absolute Gasteiger partial charge is 0.388 e. The lowest BCUT2D eigenvalue weighted by Crippen LogP contribution is -2.15. The molecule has 0 radical (unpaired) electrons. The van der Waals surface area contributed by atoms with Crippen molar-refractivity contribution in [3.8, 4) is 0 Å². The molecule has 0 saturated carbocycles. The summed E-state index contributed by atoms with van der Waals surface area (Å²) in [4.78, 5) is 0. The smallest absolute Gasteiger partial charge is 0.0855 e. The number of aliphatic hydroxyl groups excluding tert-OH is 1. The number of halogens is 1. The summed E-state index contributed by atoms with van der Waals surface area (Å²) in [5.41, 5.74) is 5.11. The number of hydrogen-bond acceptors (Lipinski definition) is 1. The third-order valence-corrected chi connectivity index (χ3v) is 4.38. The fraction of sp³-hybridized carbons (Fsp3) is 0.579. The normalized spacial score (nSPS) is 15.0. The fourth-order valence-corrected chi connectivity index (χ4v) is 2.94. The molecule has 0 aliphatic carbocycles. The molecule has 0 fully saturated rings. The number of unbranched alkanes of at least 4 members (excludes halogenated alkanes) is 2. The average Bonchev–Trinajstić information content (AvgIpc) is 2.50. The lowest BCUT2D eigenvalue weighted by molar-refractivity contribution is 0.118. The van der Waals surface area contributed by atoms with Gasteiger partial charge in [0.2, 0.25) is 0 Å². The van der Waals surface area contributed by atoms with Crippen LogP contribution in [0.2, 0.25) is 0 Å². The van der Waals surface area contributed by atoms with Crippen LogP contribution in [0, 0.1) is 12.8 Å². The van der Waals surface area contributed by atoms with Gasteiger partial charge in [-0.3, -0.25) is 0 Å². The zero-order valence-corrected chi connectivity index (χ0v) is 14.4. The molecule has 2 atom stereocenters. The number of hydrogen-bond donors (Lipinski definition) is 1. The van der Waals surface area contributed by atoms with Gasteiger partial charge in [-0.1, -0.05) is 80.1 Å². The van der Waals surface area contributed by atoms with Gasteiger partial charge in [0.15, 0.2) is 0 Å². The van der Waals surface area contributed by atoms with Crippen molar-refractivity contribution >= 4 is 11.6 Å². The van der Waals surface area contributed by atoms with Crippen molar-refractivity contribution in [1.82, 2.24) is 0 Å². The van der Waals surface area contributed by atoms with E-state index in [2.05, 4.69) is 32.9 Å². The third-order valence-electron chi connectivity index (χ3n) is 4.10. The Hall–Kier alpha value is -0.790. The Bertz CT molecular complexity index is 422. The molecule has 2 heteroatoms. The van der Waals surface area contributed by atoms with Gasteiger partial charge in [0, 0.05) is 11.5 Å². The molecule has 1 rings (SSSR count). The van der Waals surface area contributed by atoms with Crippen molar-refractivity contribution in [2.75, 3.05) is 0 Å². The number of aryl methyl sites for hydroxylation is 1. The average molecular weight is 309 g/mol. The molecule has 0 saturated heterocycles. The van der Waals surface area contributed by atoms with E-state index in [9.17, 15) is 5.11 Å². The third kappa shape index (κ3) is 5.84. The maximum atomic E-state index is 10.8. The monoisotopic (exact) mass is 308 g/mol. The SMILES string of the molecule is CCCC/C(=C/Cl)[C@H](CCCC)[C@H](O)c1ccc(C)cc1. The van der Waals surface area contributed by atoms with E-state index in [0.717, 1.165) is 44.1 Å². The van der Waals surface area contributed by atoms with E-state index in [1.54, 1.807) is 5.54 Å². The lowest BCUT2D eigenvalue weighted by Gasteiger charge is -2.26. The molecule has 0 aliphatic heterocycles. The van der Waals surface area contributed by atoms with Gasteiger partial charge in [0.05, 0.1) is 6.10 Å². The molecule has 0 spiro atoms. The number of benzene rings is 1. The van der Waals surface area contributed by atoms with E-state index in [4.69, 9.17) is 11.6 Å². The highest BCUT2D eigenvalue weighted by Crippen LogP contribution is 2.35. The first kappa shape index (κ1) is 18.3. The molecule has 1 aromatic carbocycles. The van der Waals surface area contributed by atoms with Gasteiger partial charge in [0.1, 0.15) is 0 Å². The van der Waals surface area contributed by atoms with Crippen LogP contribution in [0.15, 0.2) is 35.4 Å². The van der Waals surface area contributed by atoms with Crippen LogP contribution in [-0.4, -0.2) is 5.11 Å². The van der Waals surface area contributed by atoms with Crippen molar-refractivity contribution in [2.24, 2.45) is 5.92 Å². The summed E-state index contributed by atoms with van der Waals surface area (Å²) < 4.78 is 0. The highest BCUT2D eigenvalue weighted by atomic mass is 35.5. The quantitative estimate of drug-likeness (QED) is 0.580. The van der Waals surface area contributed by atoms with E-state index >= 15 is 0 Å². The second-order valence-electron chi connectivity index (χ2n) is 5.89. The molecule has 0 aliphatic rings. The summed E-state index contributed by atoms with van der Waals surface area (Å²) in [5.74, 6) is 0.136. The first-order valence-electron chi connectivity index (χ1n) is 8.17. The van der Waals surface area contributed by atoms with Crippen LogP contribution >= 0.6 is 11.6 Å². The highest BCUT2D eigenvalue weighted by Gasteiger charge is 2.23. The molecule has 0 heterocycles. The van der Waals surface area contributed by atoms with Crippen LogP contribution in [0.5, 0.6) is 0 Å². The molecule has 21 heavy (non-hydrogen) atoms. The minimum atomic E-state index is -0.459. The standard InChI is InChI=1S/C19H29ClO/c1-4-6-8-17(14-20)18(9-7-5-2)19(21)16-12-10-15(3)11-13-16/h10-14,18-19,21H,4-9H2,1-3H3/b17-14-/t18-,19+/m0/s1. The van der Waals surface area contributed by atoms with Crippen LogP contribution in [0.4, 0.5) is 0 Å². The van der Waals surface area contributed by atoms with Gasteiger partial charge in [-0.25, -0.2) is 0 Å². The molecule has 0 unspecified atom stereocenters. The van der Waals surface area contributed by atoms with E-state index in [1.165, 1.54) is 11.1 Å². The van der Waals surface area contributed by atoms with Gasteiger partial charge in [-0.15, -0.1) is 0 Å². The van der Waals surface area contributed by atoms with Gasteiger partial charge in [0.25, 0.3) is 0 Å². The summed E-state index contributed by atoms with van der Waals surface area (Å²) in [6.45, 7) is 6.44. The molecule has 1 N–H and O–H groups in total. The fourth-order valence-electron chi connectivity index (χ4n) is 2.67. The van der Waals surface area contributed by atoms with Gasteiger partial charge in [-0.05, 0) is 31.7 Å². The highest BCUT2D eigenvalue weighted by molar-refractivity contribution is 6.25. The van der Waals surface area contributed by atoms with E-state index < -0.39 is 6.10 Å². The van der Waals surface area contributed by atoms with Crippen molar-refractivity contribution in [1.29, 1.82) is 0 Å². The molecule has 1 aromatic rings. The van der Waals surface area contributed by atoms with E-state index in [1.807, 2.05) is 12.1 Å². The van der Waals surface area contributed by atoms with Crippen LogP contribution in [-0.2, 0) is 0 Å². The molecular formula is C19H29ClO. The molecular weight excluding hydrogens is 280 g/mol. The topological polar surface area (TPSA) is 20.2 Å². The Morgan fingerprint density at radius 2 is 1.76 bits per heavy atom. The van der Waals surface area contributed by atoms with Crippen molar-refractivity contribution in [3.63, 3.8) is 0 Å².